The van der Waals surface area contributed by atoms with E-state index in [1.807, 2.05) is 12.1 Å². The van der Waals surface area contributed by atoms with Crippen LogP contribution in [0.4, 0.5) is 5.69 Å². The van der Waals surface area contributed by atoms with Crippen LogP contribution in [0.25, 0.3) is 0 Å². The number of fused-ring (bicyclic) bond motifs is 3. The fourth-order valence-electron chi connectivity index (χ4n) is 3.94. The van der Waals surface area contributed by atoms with E-state index in [9.17, 15) is 4.79 Å². The lowest BCUT2D eigenvalue weighted by molar-refractivity contribution is 0.0600. The normalized spacial score (nSPS) is 23.2. The second-order valence-corrected chi connectivity index (χ2v) is 7.72. The number of hydrogen-bond acceptors (Lipinski definition) is 3. The number of methoxy groups -OCH3 is 1. The number of anilines is 1. The van der Waals surface area contributed by atoms with Gasteiger partial charge in [0.1, 0.15) is 0 Å². The number of carbonyl (C=O) groups is 1. The van der Waals surface area contributed by atoms with Crippen LogP contribution >= 0.6 is 34.8 Å². The highest BCUT2D eigenvalue weighted by atomic mass is 35.5. The van der Waals surface area contributed by atoms with Crippen molar-refractivity contribution >= 4 is 46.5 Å². The van der Waals surface area contributed by atoms with Crippen LogP contribution in [0.1, 0.15) is 39.9 Å². The summed E-state index contributed by atoms with van der Waals surface area (Å²) in [6.45, 7) is 0. The van der Waals surface area contributed by atoms with Crippen molar-refractivity contribution in [3.05, 3.63) is 74.2 Å². The second kappa shape index (κ2) is 6.80. The third-order valence-electron chi connectivity index (χ3n) is 5.17. The van der Waals surface area contributed by atoms with Crippen molar-refractivity contribution in [1.29, 1.82) is 0 Å². The first-order valence-electron chi connectivity index (χ1n) is 8.30. The Hall–Kier alpha value is -1.68. The molecule has 0 radical (unpaired) electrons. The number of benzene rings is 2. The molecule has 2 aliphatic rings. The fraction of sp³-hybridized carbons (Fsp3) is 0.250. The summed E-state index contributed by atoms with van der Waals surface area (Å²) < 4.78 is 4.77. The minimum absolute atomic E-state index is 0.0592. The summed E-state index contributed by atoms with van der Waals surface area (Å²) in [6, 6.07) is 9.21. The van der Waals surface area contributed by atoms with Gasteiger partial charge in [-0.25, -0.2) is 4.79 Å². The molecule has 1 heterocycles. The van der Waals surface area contributed by atoms with Crippen molar-refractivity contribution < 1.29 is 9.53 Å². The Kier molecular flexibility index (Phi) is 4.64. The number of halogens is 3. The molecule has 0 unspecified atom stereocenters. The van der Waals surface area contributed by atoms with Crippen molar-refractivity contribution in [1.82, 2.24) is 0 Å². The van der Waals surface area contributed by atoms with Gasteiger partial charge in [0.2, 0.25) is 0 Å². The molecule has 0 fully saturated rings. The molecule has 1 aliphatic heterocycles. The van der Waals surface area contributed by atoms with Gasteiger partial charge in [-0.15, -0.1) is 0 Å². The molecule has 3 nitrogen and oxygen atoms in total. The maximum absolute atomic E-state index is 11.7. The van der Waals surface area contributed by atoms with Gasteiger partial charge < -0.3 is 10.1 Å². The number of carbonyl (C=O) groups excluding carboxylic acids is 1. The molecule has 0 bridgehead atoms. The van der Waals surface area contributed by atoms with Gasteiger partial charge in [0.25, 0.3) is 0 Å². The van der Waals surface area contributed by atoms with Gasteiger partial charge in [0.05, 0.1) is 39.5 Å². The Bertz CT molecular complexity index is 908. The lowest BCUT2D eigenvalue weighted by Crippen LogP contribution is -2.29. The van der Waals surface area contributed by atoms with E-state index >= 15 is 0 Å². The molecule has 2 aromatic rings. The molecule has 6 heteroatoms. The Balaban J connectivity index is 1.76. The molecule has 134 valence electrons. The van der Waals surface area contributed by atoms with Gasteiger partial charge in [0, 0.05) is 11.5 Å². The van der Waals surface area contributed by atoms with E-state index in [1.54, 1.807) is 18.2 Å². The Morgan fingerprint density at radius 3 is 2.58 bits per heavy atom. The number of rotatable bonds is 2. The SMILES string of the molecule is COC(=O)c1ccc([C@@H]2Nc3c(Cl)cc(Cl)c(Cl)c3[C@@H]3C=CC[C@@H]32)cc1. The van der Waals surface area contributed by atoms with Crippen LogP contribution in [0.3, 0.4) is 0 Å². The molecule has 4 rings (SSSR count). The van der Waals surface area contributed by atoms with Gasteiger partial charge in [0.15, 0.2) is 0 Å². The molecule has 1 aliphatic carbocycles. The van der Waals surface area contributed by atoms with Gasteiger partial charge in [-0.3, -0.25) is 0 Å². The van der Waals surface area contributed by atoms with Crippen LogP contribution in [-0.2, 0) is 4.74 Å². The number of esters is 1. The Morgan fingerprint density at radius 1 is 1.15 bits per heavy atom. The molecule has 26 heavy (non-hydrogen) atoms. The molecule has 0 aromatic heterocycles. The number of hydrogen-bond donors (Lipinski definition) is 1. The number of ether oxygens (including phenoxy) is 1. The highest BCUT2D eigenvalue weighted by molar-refractivity contribution is 6.44. The maximum atomic E-state index is 11.7. The molecule has 0 saturated heterocycles. The zero-order valence-corrected chi connectivity index (χ0v) is 16.2. The third-order valence-corrected chi connectivity index (χ3v) is 6.27. The molecule has 0 spiro atoms. The molecule has 3 atom stereocenters. The summed E-state index contributed by atoms with van der Waals surface area (Å²) in [6.07, 6.45) is 5.28. The molecule has 0 amide bonds. The highest BCUT2D eigenvalue weighted by Gasteiger charge is 2.40. The average molecular weight is 409 g/mol. The first-order valence-corrected chi connectivity index (χ1v) is 9.43. The van der Waals surface area contributed by atoms with E-state index in [1.165, 1.54) is 7.11 Å². The van der Waals surface area contributed by atoms with E-state index in [0.717, 1.165) is 23.2 Å². The van der Waals surface area contributed by atoms with E-state index < -0.39 is 0 Å². The van der Waals surface area contributed by atoms with Crippen LogP contribution in [0, 0.1) is 5.92 Å². The van der Waals surface area contributed by atoms with Crippen LogP contribution in [0.2, 0.25) is 15.1 Å². The number of nitrogens with one attached hydrogen (secondary N) is 1. The molecule has 0 saturated carbocycles. The summed E-state index contributed by atoms with van der Waals surface area (Å²) in [5, 5.41) is 5.14. The summed E-state index contributed by atoms with van der Waals surface area (Å²) >= 11 is 19.2. The summed E-state index contributed by atoms with van der Waals surface area (Å²) in [5.74, 6) is 0.113. The lowest BCUT2D eigenvalue weighted by Gasteiger charge is -2.38. The predicted molar refractivity (Wildman–Crippen MR) is 106 cm³/mol. The second-order valence-electron chi connectivity index (χ2n) is 6.53. The summed E-state index contributed by atoms with van der Waals surface area (Å²) in [7, 11) is 1.38. The highest BCUT2D eigenvalue weighted by Crippen LogP contribution is 2.54. The van der Waals surface area contributed by atoms with E-state index in [-0.39, 0.29) is 17.9 Å². The summed E-state index contributed by atoms with van der Waals surface area (Å²) in [4.78, 5) is 11.7. The Morgan fingerprint density at radius 2 is 1.88 bits per heavy atom. The average Bonchev–Trinajstić information content (AvgIpc) is 3.14. The van der Waals surface area contributed by atoms with Gasteiger partial charge >= 0.3 is 5.97 Å². The van der Waals surface area contributed by atoms with Gasteiger partial charge in [-0.1, -0.05) is 59.1 Å². The van der Waals surface area contributed by atoms with Crippen molar-refractivity contribution in [2.45, 2.75) is 18.4 Å². The maximum Gasteiger partial charge on any atom is 0.337 e. The van der Waals surface area contributed by atoms with Crippen LogP contribution < -0.4 is 5.32 Å². The zero-order chi connectivity index (χ0) is 18.4. The van der Waals surface area contributed by atoms with E-state index in [2.05, 4.69) is 17.5 Å². The Labute approximate surface area is 166 Å². The van der Waals surface area contributed by atoms with Crippen molar-refractivity contribution in [3.63, 3.8) is 0 Å². The largest absolute Gasteiger partial charge is 0.465 e. The van der Waals surface area contributed by atoms with E-state index in [0.29, 0.717) is 26.5 Å². The molecular weight excluding hydrogens is 393 g/mol. The van der Waals surface area contributed by atoms with Crippen molar-refractivity contribution in [2.24, 2.45) is 5.92 Å². The first-order chi connectivity index (χ1) is 12.5. The summed E-state index contributed by atoms with van der Waals surface area (Å²) in [5.41, 5.74) is 3.41. The number of allylic oxidation sites excluding steroid dienone is 2. The van der Waals surface area contributed by atoms with E-state index in [4.69, 9.17) is 39.5 Å². The van der Waals surface area contributed by atoms with Crippen LogP contribution in [-0.4, -0.2) is 13.1 Å². The predicted octanol–water partition coefficient (Wildman–Crippen LogP) is 6.26. The standard InChI is InChI=1S/C20H16Cl3NO2/c1-26-20(25)11-7-5-10(6-8-11)18-13-4-2-3-12(13)16-17(23)14(21)9-15(22)19(16)24-18/h2-3,5-9,12-13,18,24H,4H2,1H3/t12-,13+,18+/m1/s1. The molecular formula is C20H16Cl3NO2. The molecule has 1 N–H and O–H groups in total. The monoisotopic (exact) mass is 407 g/mol. The minimum atomic E-state index is -0.344. The van der Waals surface area contributed by atoms with Crippen molar-refractivity contribution in [3.8, 4) is 0 Å². The van der Waals surface area contributed by atoms with Gasteiger partial charge in [-0.2, -0.15) is 0 Å². The fourth-order valence-corrected chi connectivity index (χ4v) is 4.74. The first kappa shape index (κ1) is 17.7. The third kappa shape index (κ3) is 2.79. The smallest absolute Gasteiger partial charge is 0.337 e. The minimum Gasteiger partial charge on any atom is -0.465 e. The topological polar surface area (TPSA) is 38.3 Å². The quantitative estimate of drug-likeness (QED) is 0.362. The van der Waals surface area contributed by atoms with Crippen LogP contribution in [0.5, 0.6) is 0 Å². The van der Waals surface area contributed by atoms with Gasteiger partial charge in [-0.05, 0) is 36.1 Å². The van der Waals surface area contributed by atoms with Crippen LogP contribution in [0.15, 0.2) is 42.5 Å². The zero-order valence-electron chi connectivity index (χ0n) is 13.9. The molecule has 2 aromatic carbocycles. The van der Waals surface area contributed by atoms with Crippen molar-refractivity contribution in [2.75, 3.05) is 12.4 Å². The lowest BCUT2D eigenvalue weighted by atomic mass is 9.77.